The molecule has 5 heteroatoms. The third kappa shape index (κ3) is 3.73. The smallest absolute Gasteiger partial charge is 0.133 e. The van der Waals surface area contributed by atoms with E-state index in [9.17, 15) is 5.11 Å². The van der Waals surface area contributed by atoms with Crippen molar-refractivity contribution in [2.45, 2.75) is 31.8 Å². The Labute approximate surface area is 158 Å². The molecule has 1 aromatic heterocycles. The van der Waals surface area contributed by atoms with Crippen LogP contribution in [0.4, 0.5) is 0 Å². The predicted octanol–water partition coefficient (Wildman–Crippen LogP) is 4.72. The number of aromatic hydroxyl groups is 1. The summed E-state index contributed by atoms with van der Waals surface area (Å²) in [5.41, 5.74) is 2.30. The number of rotatable bonds is 3. The van der Waals surface area contributed by atoms with Crippen molar-refractivity contribution >= 4 is 45.2 Å². The van der Waals surface area contributed by atoms with Crippen LogP contribution in [-0.2, 0) is 6.54 Å². The lowest BCUT2D eigenvalue weighted by atomic mass is 9.95. The monoisotopic (exact) mass is 520 g/mol. The van der Waals surface area contributed by atoms with Gasteiger partial charge < -0.3 is 5.11 Å². The lowest BCUT2D eigenvalue weighted by molar-refractivity contribution is 0.139. The summed E-state index contributed by atoms with van der Waals surface area (Å²) in [7, 11) is 0. The van der Waals surface area contributed by atoms with Crippen molar-refractivity contribution in [1.82, 2.24) is 9.88 Å². The van der Waals surface area contributed by atoms with Gasteiger partial charge in [-0.1, -0.05) is 12.5 Å². The van der Waals surface area contributed by atoms with Crippen molar-refractivity contribution in [3.05, 3.63) is 54.9 Å². The summed E-state index contributed by atoms with van der Waals surface area (Å²) in [4.78, 5) is 6.74. The van der Waals surface area contributed by atoms with Crippen LogP contribution in [0.2, 0.25) is 0 Å². The Morgan fingerprint density at radius 3 is 2.91 bits per heavy atom. The van der Waals surface area contributed by atoms with Gasteiger partial charge >= 0.3 is 0 Å². The largest absolute Gasteiger partial charge is 0.507 e. The van der Waals surface area contributed by atoms with Gasteiger partial charge in [0.15, 0.2) is 0 Å². The fourth-order valence-electron chi connectivity index (χ4n) is 3.09. The summed E-state index contributed by atoms with van der Waals surface area (Å²) < 4.78 is 2.10. The quantitative estimate of drug-likeness (QED) is 0.596. The van der Waals surface area contributed by atoms with Crippen LogP contribution in [0, 0.1) is 7.14 Å². The van der Waals surface area contributed by atoms with Crippen molar-refractivity contribution in [2.24, 2.45) is 0 Å². The van der Waals surface area contributed by atoms with Gasteiger partial charge in [0.05, 0.1) is 3.57 Å². The molecule has 0 spiro atoms. The molecule has 1 aromatic carbocycles. The van der Waals surface area contributed by atoms with Gasteiger partial charge in [-0.3, -0.25) is 9.88 Å². The van der Waals surface area contributed by atoms with Crippen LogP contribution in [0.5, 0.6) is 5.75 Å². The highest BCUT2D eigenvalue weighted by atomic mass is 127. The first kappa shape index (κ1) is 16.4. The number of phenols is 1. The molecule has 3 nitrogen and oxygen atoms in total. The zero-order valence-electron chi connectivity index (χ0n) is 12.2. The first-order valence-corrected chi connectivity index (χ1v) is 9.62. The molecule has 1 aliphatic heterocycles. The molecule has 1 N–H and O–H groups in total. The molecule has 0 unspecified atom stereocenters. The van der Waals surface area contributed by atoms with E-state index < -0.39 is 0 Å². The van der Waals surface area contributed by atoms with Gasteiger partial charge in [0, 0.05) is 34.1 Å². The van der Waals surface area contributed by atoms with E-state index in [4.69, 9.17) is 0 Å². The number of piperidine rings is 1. The Morgan fingerprint density at radius 2 is 2.14 bits per heavy atom. The van der Waals surface area contributed by atoms with Crippen LogP contribution in [-0.4, -0.2) is 21.5 Å². The summed E-state index contributed by atoms with van der Waals surface area (Å²) in [6.07, 6.45) is 7.43. The second-order valence-electron chi connectivity index (χ2n) is 5.66. The molecule has 0 amide bonds. The molecular weight excluding hydrogens is 502 g/mol. The Kier molecular flexibility index (Phi) is 5.56. The number of nitrogens with zero attached hydrogens (tertiary/aromatic N) is 2. The Hall–Kier alpha value is -0.410. The number of phenolic OH excluding ortho intramolecular Hbond substituents is 1. The van der Waals surface area contributed by atoms with Gasteiger partial charge in [-0.05, 0) is 88.3 Å². The fraction of sp³-hybridized carbons (Fsp3) is 0.353. The SMILES string of the molecule is Oc1c(I)cc(I)cc1CN1CCCC[C@H]1c1cccnc1. The normalized spacial score (nSPS) is 19.3. The van der Waals surface area contributed by atoms with E-state index in [1.54, 1.807) is 0 Å². The van der Waals surface area contributed by atoms with Crippen molar-refractivity contribution in [1.29, 1.82) is 0 Å². The standard InChI is InChI=1S/C17H18I2N2O/c18-14-8-13(17(22)15(19)9-14)11-21-7-2-1-5-16(21)12-4-3-6-20-10-12/h3-4,6,8-10,16,22H,1-2,5,7,11H2/t16-/m0/s1. The van der Waals surface area contributed by atoms with E-state index in [0.29, 0.717) is 11.8 Å². The lowest BCUT2D eigenvalue weighted by Gasteiger charge is -2.36. The maximum Gasteiger partial charge on any atom is 0.133 e. The Morgan fingerprint density at radius 1 is 1.27 bits per heavy atom. The molecule has 2 heterocycles. The summed E-state index contributed by atoms with van der Waals surface area (Å²) >= 11 is 4.52. The zero-order valence-corrected chi connectivity index (χ0v) is 16.5. The number of pyridine rings is 1. The molecule has 22 heavy (non-hydrogen) atoms. The highest BCUT2D eigenvalue weighted by Crippen LogP contribution is 2.34. The van der Waals surface area contributed by atoms with Crippen LogP contribution in [0.1, 0.15) is 36.4 Å². The summed E-state index contributed by atoms with van der Waals surface area (Å²) in [6, 6.07) is 8.67. The minimum Gasteiger partial charge on any atom is -0.507 e. The second-order valence-corrected chi connectivity index (χ2v) is 8.07. The number of halogens is 2. The molecule has 3 rings (SSSR count). The summed E-state index contributed by atoms with van der Waals surface area (Å²) in [5, 5.41) is 10.4. The molecular formula is C17H18I2N2O. The minimum atomic E-state index is 0.400. The zero-order chi connectivity index (χ0) is 15.5. The van der Waals surface area contributed by atoms with Crippen molar-refractivity contribution in [3.63, 3.8) is 0 Å². The van der Waals surface area contributed by atoms with Crippen molar-refractivity contribution < 1.29 is 5.11 Å². The Bertz CT molecular complexity index is 649. The summed E-state index contributed by atoms with van der Waals surface area (Å²) in [5.74, 6) is 0.427. The first-order valence-electron chi connectivity index (χ1n) is 7.46. The van der Waals surface area contributed by atoms with E-state index in [0.717, 1.165) is 28.6 Å². The van der Waals surface area contributed by atoms with Gasteiger partial charge in [0.2, 0.25) is 0 Å². The van der Waals surface area contributed by atoms with Crippen LogP contribution in [0.15, 0.2) is 36.7 Å². The van der Waals surface area contributed by atoms with Crippen LogP contribution >= 0.6 is 45.2 Å². The average molecular weight is 520 g/mol. The number of hydrogen-bond acceptors (Lipinski definition) is 3. The highest BCUT2D eigenvalue weighted by Gasteiger charge is 2.25. The summed E-state index contributed by atoms with van der Waals surface area (Å²) in [6.45, 7) is 1.86. The second kappa shape index (κ2) is 7.44. The molecule has 0 aliphatic carbocycles. The van der Waals surface area contributed by atoms with Crippen LogP contribution < -0.4 is 0 Å². The third-order valence-electron chi connectivity index (χ3n) is 4.16. The van der Waals surface area contributed by atoms with E-state index >= 15 is 0 Å². The first-order chi connectivity index (χ1) is 10.6. The van der Waals surface area contributed by atoms with Crippen LogP contribution in [0.25, 0.3) is 0 Å². The van der Waals surface area contributed by atoms with Crippen LogP contribution in [0.3, 0.4) is 0 Å². The minimum absolute atomic E-state index is 0.400. The topological polar surface area (TPSA) is 36.4 Å². The van der Waals surface area contributed by atoms with Gasteiger partial charge in [0.1, 0.15) is 5.75 Å². The van der Waals surface area contributed by atoms with E-state index in [1.165, 1.54) is 22.0 Å². The van der Waals surface area contributed by atoms with E-state index in [2.05, 4.69) is 67.2 Å². The third-order valence-corrected chi connectivity index (χ3v) is 5.61. The number of hydrogen-bond donors (Lipinski definition) is 1. The molecule has 1 saturated heterocycles. The van der Waals surface area contributed by atoms with Gasteiger partial charge in [-0.25, -0.2) is 0 Å². The number of aromatic nitrogens is 1. The van der Waals surface area contributed by atoms with Gasteiger partial charge in [-0.15, -0.1) is 0 Å². The fourth-order valence-corrected chi connectivity index (χ4v) is 5.05. The molecule has 0 bridgehead atoms. The molecule has 0 saturated carbocycles. The molecule has 116 valence electrons. The average Bonchev–Trinajstić information content (AvgIpc) is 2.53. The predicted molar refractivity (Wildman–Crippen MR) is 105 cm³/mol. The molecule has 2 aromatic rings. The van der Waals surface area contributed by atoms with Crippen molar-refractivity contribution in [3.8, 4) is 5.75 Å². The van der Waals surface area contributed by atoms with Crippen molar-refractivity contribution in [2.75, 3.05) is 6.54 Å². The molecule has 0 radical (unpaired) electrons. The van der Waals surface area contributed by atoms with E-state index in [-0.39, 0.29) is 0 Å². The Balaban J connectivity index is 1.86. The van der Waals surface area contributed by atoms with E-state index in [1.807, 2.05) is 24.5 Å². The number of likely N-dealkylation sites (tertiary alicyclic amines) is 1. The van der Waals surface area contributed by atoms with Gasteiger partial charge in [0.25, 0.3) is 0 Å². The highest BCUT2D eigenvalue weighted by molar-refractivity contribution is 14.1. The maximum atomic E-state index is 10.4. The molecule has 1 aliphatic rings. The molecule has 1 atom stereocenters. The number of benzene rings is 1. The molecule has 1 fully saturated rings. The lowest BCUT2D eigenvalue weighted by Crippen LogP contribution is -2.33. The maximum absolute atomic E-state index is 10.4. The van der Waals surface area contributed by atoms with Gasteiger partial charge in [-0.2, -0.15) is 0 Å².